The van der Waals surface area contributed by atoms with E-state index in [0.717, 1.165) is 10.9 Å². The van der Waals surface area contributed by atoms with Gasteiger partial charge in [0, 0.05) is 11.6 Å². The molecule has 0 aliphatic heterocycles. The molecule has 0 fully saturated rings. The summed E-state index contributed by atoms with van der Waals surface area (Å²) < 4.78 is 5.37. The Morgan fingerprint density at radius 2 is 1.94 bits per heavy atom. The summed E-state index contributed by atoms with van der Waals surface area (Å²) in [5.74, 6) is 0.659. The Kier molecular flexibility index (Phi) is 5.14. The molecular weight excluding hydrogens is 214 g/mol. The van der Waals surface area contributed by atoms with Crippen molar-refractivity contribution in [2.45, 2.75) is 20.8 Å². The number of aromatic nitrogens is 1. The van der Waals surface area contributed by atoms with Crippen LogP contribution in [0.15, 0.2) is 36.5 Å². The standard InChI is InChI=1S/C12H11NO2.C2H6/c1-9(14)8-15-11-6-2-4-10-5-3-7-13-12(10)11;1-2/h2-7H,8H2,1H3;1-2H3. The predicted octanol–water partition coefficient (Wildman–Crippen LogP) is 3.23. The van der Waals surface area contributed by atoms with E-state index in [9.17, 15) is 4.79 Å². The molecule has 1 heterocycles. The normalized spacial score (nSPS) is 9.35. The van der Waals surface area contributed by atoms with E-state index >= 15 is 0 Å². The third-order valence-corrected chi connectivity index (χ3v) is 2.03. The van der Waals surface area contributed by atoms with E-state index < -0.39 is 0 Å². The van der Waals surface area contributed by atoms with Crippen molar-refractivity contribution >= 4 is 16.7 Å². The highest BCUT2D eigenvalue weighted by Gasteiger charge is 2.03. The SMILES string of the molecule is CC.CC(=O)COc1cccc2cccnc12. The molecule has 0 amide bonds. The van der Waals surface area contributed by atoms with Crippen LogP contribution in [-0.2, 0) is 4.79 Å². The lowest BCUT2D eigenvalue weighted by atomic mass is 10.2. The lowest BCUT2D eigenvalue weighted by molar-refractivity contribution is -0.118. The highest BCUT2D eigenvalue weighted by molar-refractivity contribution is 5.84. The third kappa shape index (κ3) is 3.55. The van der Waals surface area contributed by atoms with Gasteiger partial charge in [0.2, 0.25) is 0 Å². The number of ketones is 1. The lowest BCUT2D eigenvalue weighted by Gasteiger charge is -2.06. The molecule has 17 heavy (non-hydrogen) atoms. The zero-order valence-electron chi connectivity index (χ0n) is 10.4. The average Bonchev–Trinajstić information content (AvgIpc) is 2.38. The minimum Gasteiger partial charge on any atom is -0.484 e. The number of pyridine rings is 1. The number of benzene rings is 1. The van der Waals surface area contributed by atoms with E-state index in [0.29, 0.717) is 5.75 Å². The largest absolute Gasteiger partial charge is 0.484 e. The smallest absolute Gasteiger partial charge is 0.167 e. The van der Waals surface area contributed by atoms with Crippen molar-refractivity contribution in [3.8, 4) is 5.75 Å². The van der Waals surface area contributed by atoms with Gasteiger partial charge in [-0.2, -0.15) is 0 Å². The van der Waals surface area contributed by atoms with E-state index in [2.05, 4.69) is 4.98 Å². The summed E-state index contributed by atoms with van der Waals surface area (Å²) in [7, 11) is 0. The molecule has 2 aromatic rings. The summed E-state index contributed by atoms with van der Waals surface area (Å²) >= 11 is 0. The van der Waals surface area contributed by atoms with Crippen LogP contribution in [0.1, 0.15) is 20.8 Å². The second kappa shape index (κ2) is 6.63. The first-order valence-corrected chi connectivity index (χ1v) is 5.73. The number of rotatable bonds is 3. The van der Waals surface area contributed by atoms with E-state index in [-0.39, 0.29) is 12.4 Å². The molecule has 0 aliphatic rings. The predicted molar refractivity (Wildman–Crippen MR) is 69.3 cm³/mol. The van der Waals surface area contributed by atoms with Gasteiger partial charge in [-0.3, -0.25) is 9.78 Å². The molecule has 1 aromatic carbocycles. The van der Waals surface area contributed by atoms with Crippen LogP contribution in [0.5, 0.6) is 5.75 Å². The second-order valence-corrected chi connectivity index (χ2v) is 3.32. The maximum absolute atomic E-state index is 10.8. The van der Waals surface area contributed by atoms with Gasteiger partial charge in [0.05, 0.1) is 0 Å². The van der Waals surface area contributed by atoms with Crippen molar-refractivity contribution in [1.29, 1.82) is 0 Å². The molecular formula is C14H17NO2. The number of nitrogens with zero attached hydrogens (tertiary/aromatic N) is 1. The lowest BCUT2D eigenvalue weighted by Crippen LogP contribution is -2.06. The summed E-state index contributed by atoms with van der Waals surface area (Å²) in [6.45, 7) is 5.59. The van der Waals surface area contributed by atoms with Crippen LogP contribution in [-0.4, -0.2) is 17.4 Å². The molecule has 0 atom stereocenters. The van der Waals surface area contributed by atoms with Crippen LogP contribution in [0, 0.1) is 0 Å². The first kappa shape index (κ1) is 13.2. The zero-order valence-corrected chi connectivity index (χ0v) is 10.4. The van der Waals surface area contributed by atoms with Gasteiger partial charge in [0.15, 0.2) is 5.78 Å². The zero-order chi connectivity index (χ0) is 12.7. The van der Waals surface area contributed by atoms with Crippen molar-refractivity contribution in [3.05, 3.63) is 36.5 Å². The van der Waals surface area contributed by atoms with Gasteiger partial charge < -0.3 is 4.74 Å². The Bertz CT molecular complexity index is 489. The maximum Gasteiger partial charge on any atom is 0.167 e. The van der Waals surface area contributed by atoms with E-state index in [1.807, 2.05) is 44.2 Å². The molecule has 1 aromatic heterocycles. The van der Waals surface area contributed by atoms with E-state index in [1.54, 1.807) is 6.20 Å². The number of hydrogen-bond donors (Lipinski definition) is 0. The summed E-state index contributed by atoms with van der Waals surface area (Å²) in [6.07, 6.45) is 1.71. The Hall–Kier alpha value is -1.90. The topological polar surface area (TPSA) is 39.2 Å². The highest BCUT2D eigenvalue weighted by atomic mass is 16.5. The van der Waals surface area contributed by atoms with Crippen molar-refractivity contribution in [2.24, 2.45) is 0 Å². The van der Waals surface area contributed by atoms with Crippen LogP contribution < -0.4 is 4.74 Å². The van der Waals surface area contributed by atoms with Crippen LogP contribution >= 0.6 is 0 Å². The summed E-state index contributed by atoms with van der Waals surface area (Å²) in [6, 6.07) is 9.50. The quantitative estimate of drug-likeness (QED) is 0.814. The van der Waals surface area contributed by atoms with Crippen LogP contribution in [0.3, 0.4) is 0 Å². The van der Waals surface area contributed by atoms with Gasteiger partial charge in [0.25, 0.3) is 0 Å². The van der Waals surface area contributed by atoms with E-state index in [1.165, 1.54) is 6.92 Å². The Morgan fingerprint density at radius 3 is 2.65 bits per heavy atom. The van der Waals surface area contributed by atoms with E-state index in [4.69, 9.17) is 4.74 Å². The molecule has 0 aliphatic carbocycles. The highest BCUT2D eigenvalue weighted by Crippen LogP contribution is 2.22. The number of ether oxygens (including phenoxy) is 1. The number of hydrogen-bond acceptors (Lipinski definition) is 3. The Morgan fingerprint density at radius 1 is 1.24 bits per heavy atom. The van der Waals surface area contributed by atoms with Crippen LogP contribution in [0.2, 0.25) is 0 Å². The Labute approximate surface area is 101 Å². The van der Waals surface area contributed by atoms with Crippen molar-refractivity contribution in [3.63, 3.8) is 0 Å². The van der Waals surface area contributed by atoms with Crippen molar-refractivity contribution in [2.75, 3.05) is 6.61 Å². The van der Waals surface area contributed by atoms with Crippen LogP contribution in [0.25, 0.3) is 10.9 Å². The average molecular weight is 231 g/mol. The Balaban J connectivity index is 0.000000686. The molecule has 0 saturated carbocycles. The molecule has 2 rings (SSSR count). The first-order chi connectivity index (χ1) is 8.27. The minimum absolute atomic E-state index is 0.00272. The van der Waals surface area contributed by atoms with Gasteiger partial charge in [-0.15, -0.1) is 0 Å². The molecule has 0 bridgehead atoms. The van der Waals surface area contributed by atoms with Gasteiger partial charge >= 0.3 is 0 Å². The van der Waals surface area contributed by atoms with Crippen LogP contribution in [0.4, 0.5) is 0 Å². The van der Waals surface area contributed by atoms with Gasteiger partial charge in [-0.25, -0.2) is 0 Å². The molecule has 0 unspecified atom stereocenters. The number of Topliss-reactive ketones (excluding diaryl/α,β-unsaturated/α-hetero) is 1. The number of para-hydroxylation sites is 1. The monoisotopic (exact) mass is 231 g/mol. The molecule has 0 radical (unpaired) electrons. The molecule has 0 saturated heterocycles. The summed E-state index contributed by atoms with van der Waals surface area (Å²) in [5.41, 5.74) is 0.793. The molecule has 0 spiro atoms. The summed E-state index contributed by atoms with van der Waals surface area (Å²) in [5, 5.41) is 1.01. The van der Waals surface area contributed by atoms with Gasteiger partial charge in [0.1, 0.15) is 17.9 Å². The van der Waals surface area contributed by atoms with Crippen molar-refractivity contribution < 1.29 is 9.53 Å². The number of carbonyl (C=O) groups is 1. The third-order valence-electron chi connectivity index (χ3n) is 2.03. The maximum atomic E-state index is 10.8. The molecule has 0 N–H and O–H groups in total. The summed E-state index contributed by atoms with van der Waals surface area (Å²) in [4.78, 5) is 15.0. The fourth-order valence-electron chi connectivity index (χ4n) is 1.37. The van der Waals surface area contributed by atoms with Crippen molar-refractivity contribution in [1.82, 2.24) is 4.98 Å². The molecule has 90 valence electrons. The number of fused-ring (bicyclic) bond motifs is 1. The number of carbonyl (C=O) groups excluding carboxylic acids is 1. The molecule has 3 heteroatoms. The van der Waals surface area contributed by atoms with Gasteiger partial charge in [-0.1, -0.05) is 32.0 Å². The second-order valence-electron chi connectivity index (χ2n) is 3.32. The fourth-order valence-corrected chi connectivity index (χ4v) is 1.37. The van der Waals surface area contributed by atoms with Gasteiger partial charge in [-0.05, 0) is 19.1 Å². The molecule has 3 nitrogen and oxygen atoms in total. The first-order valence-electron chi connectivity index (χ1n) is 5.73. The minimum atomic E-state index is 0.00272. The fraction of sp³-hybridized carbons (Fsp3) is 0.286.